The van der Waals surface area contributed by atoms with Crippen molar-refractivity contribution >= 4 is 5.82 Å². The maximum absolute atomic E-state index is 4.53. The molecule has 1 aliphatic rings. The van der Waals surface area contributed by atoms with E-state index < -0.39 is 0 Å². The van der Waals surface area contributed by atoms with Gasteiger partial charge in [0.1, 0.15) is 5.82 Å². The van der Waals surface area contributed by atoms with Crippen LogP contribution in [0.15, 0.2) is 18.3 Å². The van der Waals surface area contributed by atoms with Crippen molar-refractivity contribution in [2.45, 2.75) is 26.8 Å². The van der Waals surface area contributed by atoms with Gasteiger partial charge in [-0.3, -0.25) is 0 Å². The van der Waals surface area contributed by atoms with Crippen LogP contribution < -0.4 is 10.2 Å². The average Bonchev–Trinajstić information content (AvgIpc) is 2.60. The zero-order chi connectivity index (χ0) is 11.6. The van der Waals surface area contributed by atoms with Gasteiger partial charge in [-0.25, -0.2) is 4.98 Å². The van der Waals surface area contributed by atoms with Crippen molar-refractivity contribution in [1.29, 1.82) is 0 Å². The number of pyridine rings is 1. The number of nitrogens with zero attached hydrogens (tertiary/aromatic N) is 2. The first kappa shape index (κ1) is 11.4. The molecule has 0 saturated carbocycles. The minimum Gasteiger partial charge on any atom is -0.356 e. The summed E-state index contributed by atoms with van der Waals surface area (Å²) >= 11 is 0. The monoisotopic (exact) mass is 219 g/mol. The number of nitrogens with one attached hydrogen (secondary N) is 1. The molecule has 1 N–H and O–H groups in total. The van der Waals surface area contributed by atoms with Crippen LogP contribution in [0, 0.1) is 5.41 Å². The quantitative estimate of drug-likeness (QED) is 0.843. The number of hydrogen-bond donors (Lipinski definition) is 1. The highest BCUT2D eigenvalue weighted by Gasteiger charge is 2.30. The molecule has 2 rings (SSSR count). The first-order valence-corrected chi connectivity index (χ1v) is 5.96. The first-order valence-electron chi connectivity index (χ1n) is 5.96. The van der Waals surface area contributed by atoms with E-state index in [2.05, 4.69) is 35.1 Å². The summed E-state index contributed by atoms with van der Waals surface area (Å²) in [6.45, 7) is 7.78. The summed E-state index contributed by atoms with van der Waals surface area (Å²) in [5.74, 6) is 1.16. The Bertz CT molecular complexity index is 360. The summed E-state index contributed by atoms with van der Waals surface area (Å²) in [4.78, 5) is 6.94. The highest BCUT2D eigenvalue weighted by molar-refractivity contribution is 5.47. The van der Waals surface area contributed by atoms with Gasteiger partial charge in [-0.1, -0.05) is 19.9 Å². The summed E-state index contributed by atoms with van der Waals surface area (Å²) in [6, 6.07) is 4.17. The SMILES string of the molecule is CNCc1cccnc1N1CCC(C)(C)C1. The third kappa shape index (κ3) is 2.35. The van der Waals surface area contributed by atoms with E-state index in [-0.39, 0.29) is 0 Å². The zero-order valence-corrected chi connectivity index (χ0v) is 10.5. The first-order chi connectivity index (χ1) is 7.62. The van der Waals surface area contributed by atoms with Crippen molar-refractivity contribution in [2.75, 3.05) is 25.0 Å². The van der Waals surface area contributed by atoms with Crippen molar-refractivity contribution < 1.29 is 0 Å². The Morgan fingerprint density at radius 3 is 2.94 bits per heavy atom. The van der Waals surface area contributed by atoms with E-state index in [9.17, 15) is 0 Å². The lowest BCUT2D eigenvalue weighted by Crippen LogP contribution is -2.25. The van der Waals surface area contributed by atoms with Gasteiger partial charge in [0, 0.05) is 31.4 Å². The van der Waals surface area contributed by atoms with Crippen LogP contribution in [-0.2, 0) is 6.54 Å². The molecule has 1 aliphatic heterocycles. The molecule has 0 unspecified atom stereocenters. The molecule has 1 fully saturated rings. The maximum Gasteiger partial charge on any atom is 0.133 e. The van der Waals surface area contributed by atoms with E-state index in [4.69, 9.17) is 0 Å². The van der Waals surface area contributed by atoms with Gasteiger partial charge >= 0.3 is 0 Å². The smallest absolute Gasteiger partial charge is 0.133 e. The molecule has 0 atom stereocenters. The summed E-state index contributed by atoms with van der Waals surface area (Å²) < 4.78 is 0. The molecule has 0 aliphatic carbocycles. The largest absolute Gasteiger partial charge is 0.356 e. The van der Waals surface area contributed by atoms with Crippen LogP contribution in [0.3, 0.4) is 0 Å². The predicted molar refractivity (Wildman–Crippen MR) is 67.6 cm³/mol. The standard InChI is InChI=1S/C13H21N3/c1-13(2)6-8-16(10-13)12-11(9-14-3)5-4-7-15-12/h4-5,7,14H,6,8-10H2,1-3H3. The molecule has 0 radical (unpaired) electrons. The Kier molecular flexibility index (Phi) is 3.15. The minimum absolute atomic E-state index is 0.425. The Labute approximate surface area is 97.9 Å². The summed E-state index contributed by atoms with van der Waals surface area (Å²) in [5, 5.41) is 3.20. The number of aromatic nitrogens is 1. The molecule has 3 heteroatoms. The summed E-state index contributed by atoms with van der Waals surface area (Å²) in [6.07, 6.45) is 3.14. The molecular formula is C13H21N3. The minimum atomic E-state index is 0.425. The van der Waals surface area contributed by atoms with E-state index in [0.29, 0.717) is 5.41 Å². The van der Waals surface area contributed by atoms with E-state index in [0.717, 1.165) is 25.5 Å². The van der Waals surface area contributed by atoms with Crippen LogP contribution in [-0.4, -0.2) is 25.1 Å². The lowest BCUT2D eigenvalue weighted by Gasteiger charge is -2.22. The summed E-state index contributed by atoms with van der Waals surface area (Å²) in [7, 11) is 1.98. The molecule has 1 saturated heterocycles. The Morgan fingerprint density at radius 1 is 1.50 bits per heavy atom. The average molecular weight is 219 g/mol. The Balaban J connectivity index is 2.20. The summed E-state index contributed by atoms with van der Waals surface area (Å²) in [5.41, 5.74) is 1.72. The number of anilines is 1. The van der Waals surface area contributed by atoms with Crippen LogP contribution in [0.4, 0.5) is 5.82 Å². The van der Waals surface area contributed by atoms with E-state index in [1.54, 1.807) is 0 Å². The second-order valence-electron chi connectivity index (χ2n) is 5.35. The van der Waals surface area contributed by atoms with E-state index in [1.165, 1.54) is 12.0 Å². The fourth-order valence-corrected chi connectivity index (χ4v) is 2.34. The molecular weight excluding hydrogens is 198 g/mol. The molecule has 0 bridgehead atoms. The third-order valence-corrected chi connectivity index (χ3v) is 3.21. The number of rotatable bonds is 3. The highest BCUT2D eigenvalue weighted by Crippen LogP contribution is 2.32. The molecule has 0 aromatic carbocycles. The van der Waals surface area contributed by atoms with E-state index in [1.807, 2.05) is 19.3 Å². The maximum atomic E-state index is 4.53. The zero-order valence-electron chi connectivity index (χ0n) is 10.5. The fourth-order valence-electron chi connectivity index (χ4n) is 2.34. The van der Waals surface area contributed by atoms with Crippen molar-refractivity contribution in [1.82, 2.24) is 10.3 Å². The predicted octanol–water partition coefficient (Wildman–Crippen LogP) is 2.04. The van der Waals surface area contributed by atoms with Crippen molar-refractivity contribution in [3.05, 3.63) is 23.9 Å². The lowest BCUT2D eigenvalue weighted by atomic mass is 9.93. The fraction of sp³-hybridized carbons (Fsp3) is 0.615. The molecule has 0 spiro atoms. The van der Waals surface area contributed by atoms with Crippen LogP contribution in [0.2, 0.25) is 0 Å². The van der Waals surface area contributed by atoms with Gasteiger partial charge in [-0.05, 0) is 24.9 Å². The second kappa shape index (κ2) is 4.42. The third-order valence-electron chi connectivity index (χ3n) is 3.21. The topological polar surface area (TPSA) is 28.2 Å². The molecule has 1 aromatic rings. The second-order valence-corrected chi connectivity index (χ2v) is 5.35. The van der Waals surface area contributed by atoms with Gasteiger partial charge < -0.3 is 10.2 Å². The number of hydrogen-bond acceptors (Lipinski definition) is 3. The van der Waals surface area contributed by atoms with Gasteiger partial charge in [0.15, 0.2) is 0 Å². The Morgan fingerprint density at radius 2 is 2.31 bits per heavy atom. The Hall–Kier alpha value is -1.09. The van der Waals surface area contributed by atoms with Gasteiger partial charge in [0.2, 0.25) is 0 Å². The van der Waals surface area contributed by atoms with Gasteiger partial charge in [-0.2, -0.15) is 0 Å². The molecule has 16 heavy (non-hydrogen) atoms. The van der Waals surface area contributed by atoms with Gasteiger partial charge in [-0.15, -0.1) is 0 Å². The van der Waals surface area contributed by atoms with Crippen molar-refractivity contribution in [3.63, 3.8) is 0 Å². The van der Waals surface area contributed by atoms with Crippen molar-refractivity contribution in [2.24, 2.45) is 5.41 Å². The highest BCUT2D eigenvalue weighted by atomic mass is 15.2. The van der Waals surface area contributed by atoms with Crippen LogP contribution >= 0.6 is 0 Å². The van der Waals surface area contributed by atoms with Crippen molar-refractivity contribution in [3.8, 4) is 0 Å². The molecule has 1 aromatic heterocycles. The van der Waals surface area contributed by atoms with Crippen LogP contribution in [0.5, 0.6) is 0 Å². The van der Waals surface area contributed by atoms with Gasteiger partial charge in [0.05, 0.1) is 0 Å². The lowest BCUT2D eigenvalue weighted by molar-refractivity contribution is 0.418. The van der Waals surface area contributed by atoms with Gasteiger partial charge in [0.25, 0.3) is 0 Å². The van der Waals surface area contributed by atoms with Crippen LogP contribution in [0.1, 0.15) is 25.8 Å². The van der Waals surface area contributed by atoms with Crippen LogP contribution in [0.25, 0.3) is 0 Å². The molecule has 0 amide bonds. The normalized spacial score (nSPS) is 19.1. The molecule has 3 nitrogen and oxygen atoms in total. The molecule has 2 heterocycles. The molecule has 88 valence electrons. The van der Waals surface area contributed by atoms with E-state index >= 15 is 0 Å².